The minimum atomic E-state index is -0.670. The predicted octanol–water partition coefficient (Wildman–Crippen LogP) is 11.3. The number of hydrogen-bond donors (Lipinski definition) is 4. The highest BCUT2D eigenvalue weighted by Crippen LogP contribution is 2.37. The van der Waals surface area contributed by atoms with Gasteiger partial charge in [0.25, 0.3) is 0 Å². The van der Waals surface area contributed by atoms with Gasteiger partial charge in [0, 0.05) is 13.1 Å². The molecule has 2 aliphatic carbocycles. The molecule has 2 bridgehead atoms. The van der Waals surface area contributed by atoms with Crippen LogP contribution in [-0.4, -0.2) is 117 Å². The summed E-state index contributed by atoms with van der Waals surface area (Å²) in [4.78, 5) is 72.6. The molecule has 2 aliphatic heterocycles. The minimum absolute atomic E-state index is 0.110. The quantitative estimate of drug-likeness (QED) is 0.0744. The smallest absolute Gasteiger partial charge is 0.407 e. The highest BCUT2D eigenvalue weighted by Gasteiger charge is 2.36. The molecule has 3 aromatic carbocycles. The van der Waals surface area contributed by atoms with Gasteiger partial charge in [0.05, 0.1) is 50.1 Å². The Hall–Kier alpha value is -6.52. The van der Waals surface area contributed by atoms with E-state index >= 15 is 0 Å². The normalized spacial score (nSPS) is 18.8. The van der Waals surface area contributed by atoms with Gasteiger partial charge in [0.2, 0.25) is 11.8 Å². The summed E-state index contributed by atoms with van der Waals surface area (Å²) in [6.07, 6.45) is 18.2. The Morgan fingerprint density at radius 1 is 0.662 bits per heavy atom. The van der Waals surface area contributed by atoms with Crippen LogP contribution in [0.2, 0.25) is 0 Å². The zero-order valence-corrected chi connectivity index (χ0v) is 44.8. The number of fused-ring (bicyclic) bond motifs is 8. The number of imidazole rings is 2. The highest BCUT2D eigenvalue weighted by atomic mass is 32.2. The lowest BCUT2D eigenvalue weighted by atomic mass is 9.87. The van der Waals surface area contributed by atoms with Gasteiger partial charge >= 0.3 is 12.2 Å². The minimum Gasteiger partial charge on any atom is -0.453 e. The second kappa shape index (κ2) is 25.6. The molecule has 0 saturated carbocycles. The first kappa shape index (κ1) is 53.8. The number of thioether (sulfide) groups is 2. The van der Waals surface area contributed by atoms with E-state index in [1.807, 2.05) is 34.7 Å². The first-order chi connectivity index (χ1) is 36.0. The van der Waals surface area contributed by atoms with Gasteiger partial charge in [0.1, 0.15) is 23.7 Å². The van der Waals surface area contributed by atoms with Crippen molar-refractivity contribution in [2.75, 3.05) is 51.3 Å². The Kier molecular flexibility index (Phi) is 18.6. The van der Waals surface area contributed by atoms with Crippen molar-refractivity contribution in [3.8, 4) is 33.6 Å². The lowest BCUT2D eigenvalue weighted by Gasteiger charge is -2.36. The SMILES string of the molecule is C=C1/C=C(/c2ccc(-c3cnc([C@@H]4CCCCN4C(=O)[C@H](CCSC)NC(=O)OC)[nH]3)cc2)C(=C)CCc2ccc(c(-c3ccc(-c4cnc([C@@H]5CCCCN5C(=O)[C@H](CCSC)NC(=O)OC)[nH]4)cc3)c2)CC1. The molecule has 74 heavy (non-hydrogen) atoms. The van der Waals surface area contributed by atoms with Gasteiger partial charge in [-0.25, -0.2) is 19.6 Å². The van der Waals surface area contributed by atoms with E-state index in [0.29, 0.717) is 25.9 Å². The van der Waals surface area contributed by atoms with E-state index in [-0.39, 0.29) is 23.9 Å². The molecule has 2 fully saturated rings. The van der Waals surface area contributed by atoms with Crippen LogP contribution in [0, 0.1) is 0 Å². The molecule has 4 N–H and O–H groups in total. The molecule has 4 heterocycles. The standard InChI is InChI=1S/C58H70N8O6S2/c1-37-13-17-41-18-16-39(34-46(41)42-21-25-44(26-22-42)50-36-60-54(62-50)52-12-8-10-30-66(52)56(68)48(28-32-74-6)64-58(70)72-4)15-14-38(2)45(33-37)40-19-23-43(24-20-40)49-35-59-53(61-49)51-11-7-9-29-65(51)55(67)47(27-31-73-5)63-57(69)71-3/h16,18-26,33-36,47-48,51-52H,1-2,7-15,17,27-32H2,3-6H3,(H,59,61)(H,60,62)(H,63,69)(H,64,70)/b45-33+/t47-,48-,51-,52-/m0/s1. The number of H-pyrrole nitrogens is 2. The highest BCUT2D eigenvalue weighted by molar-refractivity contribution is 7.98. The number of nitrogens with zero attached hydrogens (tertiary/aromatic N) is 4. The molecule has 14 nitrogen and oxygen atoms in total. The fourth-order valence-electron chi connectivity index (χ4n) is 10.4. The first-order valence-corrected chi connectivity index (χ1v) is 28.6. The van der Waals surface area contributed by atoms with Crippen molar-refractivity contribution in [2.24, 2.45) is 0 Å². The van der Waals surface area contributed by atoms with Crippen molar-refractivity contribution in [2.45, 2.75) is 101 Å². The van der Waals surface area contributed by atoms with E-state index in [9.17, 15) is 19.2 Å². The summed E-state index contributed by atoms with van der Waals surface area (Å²) in [6.45, 7) is 10.3. The number of aromatic amines is 2. The molecule has 4 atom stereocenters. The number of methoxy groups -OCH3 is 2. The molecular formula is C58H70N8O6S2. The van der Waals surface area contributed by atoms with Gasteiger partial charge in [-0.1, -0.05) is 91.5 Å². The maximum Gasteiger partial charge on any atom is 0.407 e. The largest absolute Gasteiger partial charge is 0.453 e. The van der Waals surface area contributed by atoms with Crippen LogP contribution in [-0.2, 0) is 31.9 Å². The average molecular weight is 1040 g/mol. The Balaban J connectivity index is 0.936. The number of carbonyl (C=O) groups excluding carboxylic acids is 4. The lowest BCUT2D eigenvalue weighted by Crippen LogP contribution is -2.51. The van der Waals surface area contributed by atoms with Crippen molar-refractivity contribution >= 4 is 53.1 Å². The van der Waals surface area contributed by atoms with E-state index in [0.717, 1.165) is 138 Å². The van der Waals surface area contributed by atoms with Gasteiger partial charge < -0.3 is 39.9 Å². The van der Waals surface area contributed by atoms with Gasteiger partial charge in [-0.3, -0.25) is 9.59 Å². The summed E-state index contributed by atoms with van der Waals surface area (Å²) in [7, 11) is 2.62. The van der Waals surface area contributed by atoms with Crippen molar-refractivity contribution in [3.05, 3.63) is 138 Å². The Bertz CT molecular complexity index is 2820. The Labute approximate surface area is 444 Å². The summed E-state index contributed by atoms with van der Waals surface area (Å²) in [5, 5.41) is 5.52. The van der Waals surface area contributed by atoms with Crippen molar-refractivity contribution in [3.63, 3.8) is 0 Å². The van der Waals surface area contributed by atoms with Crippen molar-refractivity contribution in [1.29, 1.82) is 0 Å². The summed E-state index contributed by atoms with van der Waals surface area (Å²) < 4.78 is 9.69. The number of likely N-dealkylation sites (tertiary alicyclic amines) is 2. The number of aromatic nitrogens is 4. The van der Waals surface area contributed by atoms with E-state index in [1.54, 1.807) is 23.5 Å². The van der Waals surface area contributed by atoms with Crippen LogP contribution in [0.1, 0.15) is 105 Å². The molecule has 390 valence electrons. The number of amides is 4. The number of carbonyl (C=O) groups is 4. The second-order valence-corrected chi connectivity index (χ2v) is 21.3. The number of rotatable bonds is 16. The average Bonchev–Trinajstić information content (AvgIpc) is 4.15. The van der Waals surface area contributed by atoms with Crippen LogP contribution in [0.5, 0.6) is 0 Å². The van der Waals surface area contributed by atoms with Gasteiger partial charge in [-0.2, -0.15) is 23.5 Å². The molecule has 2 saturated heterocycles. The number of benzene rings is 3. The van der Waals surface area contributed by atoms with Crippen LogP contribution in [0.15, 0.2) is 110 Å². The van der Waals surface area contributed by atoms with Crippen molar-refractivity contribution < 1.29 is 28.7 Å². The van der Waals surface area contributed by atoms with Crippen molar-refractivity contribution in [1.82, 2.24) is 40.4 Å². The van der Waals surface area contributed by atoms with E-state index in [4.69, 9.17) is 19.4 Å². The van der Waals surface area contributed by atoms with Crippen LogP contribution in [0.25, 0.3) is 39.2 Å². The third-order valence-electron chi connectivity index (χ3n) is 14.5. The van der Waals surface area contributed by atoms with E-state index in [1.165, 1.54) is 30.9 Å². The van der Waals surface area contributed by atoms with Gasteiger partial charge in [0.15, 0.2) is 0 Å². The fourth-order valence-corrected chi connectivity index (χ4v) is 11.3. The summed E-state index contributed by atoms with van der Waals surface area (Å²) >= 11 is 3.27. The van der Waals surface area contributed by atoms with Crippen LogP contribution >= 0.6 is 23.5 Å². The number of allylic oxidation sites excluding steroid dienone is 4. The molecule has 0 radical (unpaired) electrons. The number of hydrogen-bond acceptors (Lipinski definition) is 10. The number of piperidine rings is 2. The monoisotopic (exact) mass is 1040 g/mol. The molecule has 16 heteroatoms. The van der Waals surface area contributed by atoms with E-state index in [2.05, 4.69) is 107 Å². The molecule has 0 unspecified atom stereocenters. The predicted molar refractivity (Wildman–Crippen MR) is 298 cm³/mol. The van der Waals surface area contributed by atoms with Gasteiger partial charge in [-0.15, -0.1) is 0 Å². The molecule has 4 aliphatic rings. The Morgan fingerprint density at radius 3 is 1.66 bits per heavy atom. The first-order valence-electron chi connectivity index (χ1n) is 25.8. The van der Waals surface area contributed by atoms with Crippen LogP contribution < -0.4 is 10.6 Å². The topological polar surface area (TPSA) is 175 Å². The summed E-state index contributed by atoms with van der Waals surface area (Å²) in [5.41, 5.74) is 12.8. The molecule has 2 aromatic heterocycles. The number of nitrogens with one attached hydrogen (secondary N) is 4. The van der Waals surface area contributed by atoms with Crippen LogP contribution in [0.4, 0.5) is 9.59 Å². The maximum absolute atomic E-state index is 13.9. The molecule has 5 aromatic rings. The molecule has 0 spiro atoms. The second-order valence-electron chi connectivity index (χ2n) is 19.4. The third kappa shape index (κ3) is 13.0. The number of alkyl carbamates (subject to hydrolysis) is 2. The maximum atomic E-state index is 13.9. The summed E-state index contributed by atoms with van der Waals surface area (Å²) in [6, 6.07) is 22.2. The number of ether oxygens (including phenoxy) is 2. The molecular weight excluding hydrogens is 969 g/mol. The Morgan fingerprint density at radius 2 is 1.16 bits per heavy atom. The lowest BCUT2D eigenvalue weighted by molar-refractivity contribution is -0.138. The number of aryl methyl sites for hydroxylation is 2. The fraction of sp³-hybridized carbons (Fsp3) is 0.414. The third-order valence-corrected chi connectivity index (χ3v) is 15.8. The summed E-state index contributed by atoms with van der Waals surface area (Å²) in [5.74, 6) is 2.73. The zero-order valence-electron chi connectivity index (χ0n) is 43.2. The van der Waals surface area contributed by atoms with Gasteiger partial charge in [-0.05, 0) is 151 Å². The zero-order chi connectivity index (χ0) is 52.1. The molecule has 4 amide bonds. The van der Waals surface area contributed by atoms with E-state index < -0.39 is 24.3 Å². The molecule has 9 rings (SSSR count). The van der Waals surface area contributed by atoms with Crippen LogP contribution in [0.3, 0.4) is 0 Å².